The zero-order valence-electron chi connectivity index (χ0n) is 10.3. The van der Waals surface area contributed by atoms with Crippen molar-refractivity contribution in [1.29, 1.82) is 0 Å². The van der Waals surface area contributed by atoms with Crippen LogP contribution in [0.2, 0.25) is 0 Å². The third-order valence-corrected chi connectivity index (χ3v) is 5.83. The third kappa shape index (κ3) is 3.14. The molecule has 0 bridgehead atoms. The molecule has 2 rings (SSSR count). The number of nitrogens with one attached hydrogen (secondary N) is 1. The molecule has 1 aliphatic rings. The van der Waals surface area contributed by atoms with Crippen LogP contribution in [0.15, 0.2) is 16.6 Å². The molecule has 0 saturated carbocycles. The van der Waals surface area contributed by atoms with E-state index in [4.69, 9.17) is 0 Å². The molecule has 1 N–H and O–H groups in total. The minimum Gasteiger partial charge on any atom is -0.313 e. The van der Waals surface area contributed by atoms with Crippen LogP contribution in [0.3, 0.4) is 0 Å². The lowest BCUT2D eigenvalue weighted by Gasteiger charge is -2.23. The van der Waals surface area contributed by atoms with Crippen molar-refractivity contribution >= 4 is 25.8 Å². The molecule has 1 fully saturated rings. The lowest BCUT2D eigenvalue weighted by molar-refractivity contribution is 0.401. The van der Waals surface area contributed by atoms with Crippen molar-refractivity contribution in [2.24, 2.45) is 5.92 Å². The van der Waals surface area contributed by atoms with Gasteiger partial charge in [-0.2, -0.15) is 0 Å². The highest BCUT2D eigenvalue weighted by molar-refractivity contribution is 9.10. The number of benzene rings is 1. The molecule has 0 aliphatic carbocycles. The van der Waals surface area contributed by atoms with Crippen LogP contribution in [0.4, 0.5) is 8.78 Å². The van der Waals surface area contributed by atoms with Gasteiger partial charge in [0.1, 0.15) is 11.6 Å². The minimum atomic E-state index is -3.06. The fourth-order valence-electron chi connectivity index (χ4n) is 2.51. The number of hydrogen-bond acceptors (Lipinski definition) is 3. The van der Waals surface area contributed by atoms with E-state index >= 15 is 0 Å². The van der Waals surface area contributed by atoms with E-state index in [1.807, 2.05) is 0 Å². The highest BCUT2D eigenvalue weighted by Crippen LogP contribution is 2.34. The maximum absolute atomic E-state index is 13.9. The van der Waals surface area contributed by atoms with Crippen LogP contribution in [-0.2, 0) is 9.84 Å². The lowest BCUT2D eigenvalue weighted by atomic mass is 9.92. The summed E-state index contributed by atoms with van der Waals surface area (Å²) in [6.07, 6.45) is 0.463. The first-order valence-electron chi connectivity index (χ1n) is 5.86. The van der Waals surface area contributed by atoms with Gasteiger partial charge in [0.05, 0.1) is 16.0 Å². The zero-order valence-corrected chi connectivity index (χ0v) is 12.7. The summed E-state index contributed by atoms with van der Waals surface area (Å²) in [6, 6.07) is 1.68. The topological polar surface area (TPSA) is 46.2 Å². The van der Waals surface area contributed by atoms with E-state index in [-0.39, 0.29) is 27.5 Å². The van der Waals surface area contributed by atoms with E-state index in [0.29, 0.717) is 6.42 Å². The Labute approximate surface area is 119 Å². The first kappa shape index (κ1) is 14.9. The Morgan fingerprint density at radius 1 is 1.37 bits per heavy atom. The van der Waals surface area contributed by atoms with E-state index in [1.54, 1.807) is 7.05 Å². The van der Waals surface area contributed by atoms with Gasteiger partial charge in [-0.15, -0.1) is 0 Å². The molecule has 0 aromatic heterocycles. The number of hydrogen-bond donors (Lipinski definition) is 1. The summed E-state index contributed by atoms with van der Waals surface area (Å²) in [5, 5.41) is 2.90. The van der Waals surface area contributed by atoms with Crippen molar-refractivity contribution < 1.29 is 17.2 Å². The zero-order chi connectivity index (χ0) is 14.2. The van der Waals surface area contributed by atoms with E-state index < -0.39 is 27.5 Å². The summed E-state index contributed by atoms with van der Waals surface area (Å²) < 4.78 is 50.5. The number of rotatable bonds is 3. The molecule has 1 saturated heterocycles. The molecule has 1 aliphatic heterocycles. The average molecular weight is 354 g/mol. The first-order valence-corrected chi connectivity index (χ1v) is 8.47. The summed E-state index contributed by atoms with van der Waals surface area (Å²) in [6.45, 7) is 0. The summed E-state index contributed by atoms with van der Waals surface area (Å²) >= 11 is 2.92. The summed E-state index contributed by atoms with van der Waals surface area (Å²) in [4.78, 5) is 0. The highest BCUT2D eigenvalue weighted by atomic mass is 79.9. The van der Waals surface area contributed by atoms with Gasteiger partial charge < -0.3 is 5.32 Å². The van der Waals surface area contributed by atoms with Crippen molar-refractivity contribution in [2.75, 3.05) is 18.6 Å². The molecule has 19 heavy (non-hydrogen) atoms. The third-order valence-electron chi connectivity index (χ3n) is 3.42. The predicted molar refractivity (Wildman–Crippen MR) is 72.6 cm³/mol. The van der Waals surface area contributed by atoms with Gasteiger partial charge >= 0.3 is 0 Å². The molecule has 2 atom stereocenters. The molecule has 2 unspecified atom stereocenters. The van der Waals surface area contributed by atoms with E-state index in [9.17, 15) is 17.2 Å². The van der Waals surface area contributed by atoms with Crippen LogP contribution in [0.25, 0.3) is 0 Å². The minimum absolute atomic E-state index is 0.00955. The first-order chi connectivity index (χ1) is 8.84. The summed E-state index contributed by atoms with van der Waals surface area (Å²) in [7, 11) is -1.44. The van der Waals surface area contributed by atoms with Gasteiger partial charge in [0.15, 0.2) is 9.84 Å². The molecular weight excluding hydrogens is 340 g/mol. The standard InChI is InChI=1S/C12H14BrF2NO2S/c1-16-12(7-2-3-19(17,18)6-7)8-4-11(15)9(13)5-10(8)14/h4-5,7,12,16H,2-3,6H2,1H3. The molecule has 0 spiro atoms. The van der Waals surface area contributed by atoms with Crippen LogP contribution in [-0.4, -0.2) is 27.0 Å². The maximum atomic E-state index is 13.9. The van der Waals surface area contributed by atoms with E-state index in [2.05, 4.69) is 21.2 Å². The van der Waals surface area contributed by atoms with Crippen molar-refractivity contribution in [3.63, 3.8) is 0 Å². The second-order valence-electron chi connectivity index (χ2n) is 4.72. The van der Waals surface area contributed by atoms with Gasteiger partial charge in [-0.1, -0.05) is 0 Å². The average Bonchev–Trinajstić information content (AvgIpc) is 2.67. The molecule has 3 nitrogen and oxygen atoms in total. The van der Waals surface area contributed by atoms with Gasteiger partial charge in [-0.25, -0.2) is 17.2 Å². The molecule has 1 heterocycles. The van der Waals surface area contributed by atoms with E-state index in [1.165, 1.54) is 0 Å². The maximum Gasteiger partial charge on any atom is 0.150 e. The second-order valence-corrected chi connectivity index (χ2v) is 7.80. The summed E-state index contributed by atoms with van der Waals surface area (Å²) in [5.41, 5.74) is 0.172. The smallest absolute Gasteiger partial charge is 0.150 e. The van der Waals surface area contributed by atoms with Gasteiger partial charge in [-0.3, -0.25) is 0 Å². The van der Waals surface area contributed by atoms with E-state index in [0.717, 1.165) is 12.1 Å². The quantitative estimate of drug-likeness (QED) is 0.849. The fourth-order valence-corrected chi connectivity index (χ4v) is 4.66. The lowest BCUT2D eigenvalue weighted by Crippen LogP contribution is -2.27. The normalized spacial score (nSPS) is 23.5. The van der Waals surface area contributed by atoms with Gasteiger partial charge in [0.25, 0.3) is 0 Å². The number of halogens is 3. The SMILES string of the molecule is CNC(c1cc(F)c(Br)cc1F)C1CCS(=O)(=O)C1. The van der Waals surface area contributed by atoms with Gasteiger partial charge in [0.2, 0.25) is 0 Å². The van der Waals surface area contributed by atoms with Crippen LogP contribution in [0.1, 0.15) is 18.0 Å². The fraction of sp³-hybridized carbons (Fsp3) is 0.500. The monoisotopic (exact) mass is 353 g/mol. The molecule has 7 heteroatoms. The van der Waals surface area contributed by atoms with Gasteiger partial charge in [-0.05, 0) is 47.4 Å². The molecule has 1 aromatic rings. The Bertz CT molecular complexity index is 592. The molecular formula is C12H14BrF2NO2S. The predicted octanol–water partition coefficient (Wildman–Crippen LogP) is 2.42. The van der Waals surface area contributed by atoms with Crippen molar-refractivity contribution in [3.05, 3.63) is 33.8 Å². The van der Waals surface area contributed by atoms with Crippen LogP contribution in [0, 0.1) is 17.6 Å². The Kier molecular flexibility index (Phi) is 4.27. The Morgan fingerprint density at radius 2 is 2.05 bits per heavy atom. The molecule has 106 valence electrons. The molecule has 0 amide bonds. The van der Waals surface area contributed by atoms with Crippen molar-refractivity contribution in [1.82, 2.24) is 5.32 Å². The van der Waals surface area contributed by atoms with Gasteiger partial charge in [0, 0.05) is 11.6 Å². The van der Waals surface area contributed by atoms with Crippen molar-refractivity contribution in [3.8, 4) is 0 Å². The molecule has 0 radical (unpaired) electrons. The Hall–Kier alpha value is -0.530. The number of sulfone groups is 1. The Balaban J connectivity index is 2.35. The highest BCUT2D eigenvalue weighted by Gasteiger charge is 2.35. The largest absolute Gasteiger partial charge is 0.313 e. The Morgan fingerprint density at radius 3 is 2.58 bits per heavy atom. The van der Waals surface area contributed by atoms with Crippen LogP contribution >= 0.6 is 15.9 Å². The van der Waals surface area contributed by atoms with Crippen LogP contribution < -0.4 is 5.32 Å². The molecule has 1 aromatic carbocycles. The summed E-state index contributed by atoms with van der Waals surface area (Å²) in [5.74, 6) is -1.22. The second kappa shape index (κ2) is 5.46. The van der Waals surface area contributed by atoms with Crippen molar-refractivity contribution in [2.45, 2.75) is 12.5 Å². The van der Waals surface area contributed by atoms with Crippen LogP contribution in [0.5, 0.6) is 0 Å².